The molecule has 0 aliphatic rings. The highest BCUT2D eigenvalue weighted by atomic mass is 32.1. The number of hydrogen-bond acceptors (Lipinski definition) is 4. The molecule has 1 aromatic carbocycles. The Balaban J connectivity index is 2.55. The molecule has 1 N–H and O–H groups in total. The molecule has 5 nitrogen and oxygen atoms in total. The molecule has 0 aliphatic heterocycles. The lowest BCUT2D eigenvalue weighted by atomic mass is 10.2. The van der Waals surface area contributed by atoms with Crippen LogP contribution in [-0.4, -0.2) is 58.1 Å². The minimum atomic E-state index is -0.578. The SMILES string of the molecule is CC[N+](CC)(CCC=S=O)CC(O)COc1ccc(C#N)cc1. The summed E-state index contributed by atoms with van der Waals surface area (Å²) in [6.45, 7) is 7.66. The van der Waals surface area contributed by atoms with E-state index in [1.807, 2.05) is 0 Å². The zero-order valence-electron chi connectivity index (χ0n) is 13.8. The van der Waals surface area contributed by atoms with Crippen molar-refractivity contribution in [1.82, 2.24) is 0 Å². The molecule has 1 atom stereocenters. The number of nitrogens with zero attached hydrogens (tertiary/aromatic N) is 2. The van der Waals surface area contributed by atoms with Crippen LogP contribution in [0, 0.1) is 11.3 Å². The van der Waals surface area contributed by atoms with Crippen molar-refractivity contribution in [2.24, 2.45) is 0 Å². The van der Waals surface area contributed by atoms with Gasteiger partial charge in [-0.25, -0.2) is 4.21 Å². The third-order valence-corrected chi connectivity index (χ3v) is 4.53. The summed E-state index contributed by atoms with van der Waals surface area (Å²) in [5.41, 5.74) is 0.582. The maximum Gasteiger partial charge on any atom is 0.137 e. The van der Waals surface area contributed by atoms with Gasteiger partial charge < -0.3 is 14.3 Å². The van der Waals surface area contributed by atoms with Gasteiger partial charge >= 0.3 is 0 Å². The molecule has 0 amide bonds. The number of benzene rings is 1. The third kappa shape index (κ3) is 6.53. The van der Waals surface area contributed by atoms with E-state index < -0.39 is 6.10 Å². The first-order valence-corrected chi connectivity index (χ1v) is 8.66. The lowest BCUT2D eigenvalue weighted by molar-refractivity contribution is -0.927. The van der Waals surface area contributed by atoms with Crippen LogP contribution < -0.4 is 4.74 Å². The molecule has 1 aromatic rings. The van der Waals surface area contributed by atoms with Gasteiger partial charge in [-0.2, -0.15) is 5.26 Å². The molecule has 0 saturated carbocycles. The number of rotatable bonds is 10. The van der Waals surface area contributed by atoms with E-state index >= 15 is 0 Å². The van der Waals surface area contributed by atoms with Gasteiger partial charge in [0, 0.05) is 11.8 Å². The molecule has 1 rings (SSSR count). The second-order valence-corrected chi connectivity index (χ2v) is 6.06. The van der Waals surface area contributed by atoms with Crippen molar-refractivity contribution < 1.29 is 18.5 Å². The van der Waals surface area contributed by atoms with E-state index in [0.717, 1.165) is 30.5 Å². The van der Waals surface area contributed by atoms with Gasteiger partial charge in [0.15, 0.2) is 0 Å². The largest absolute Gasteiger partial charge is 0.491 e. The summed E-state index contributed by atoms with van der Waals surface area (Å²) < 4.78 is 16.8. The van der Waals surface area contributed by atoms with Gasteiger partial charge in [0.2, 0.25) is 0 Å². The van der Waals surface area contributed by atoms with Crippen LogP contribution in [0.4, 0.5) is 0 Å². The fraction of sp³-hybridized carbons (Fsp3) is 0.529. The first kappa shape index (κ1) is 19.4. The zero-order chi connectivity index (χ0) is 17.1. The first-order valence-electron chi connectivity index (χ1n) is 7.85. The quantitative estimate of drug-likeness (QED) is 0.520. The Morgan fingerprint density at radius 2 is 2.00 bits per heavy atom. The van der Waals surface area contributed by atoms with Crippen LogP contribution in [0.3, 0.4) is 0 Å². The highest BCUT2D eigenvalue weighted by Crippen LogP contribution is 2.13. The average Bonchev–Trinajstić information content (AvgIpc) is 2.59. The van der Waals surface area contributed by atoms with Crippen LogP contribution in [0.15, 0.2) is 24.3 Å². The zero-order valence-corrected chi connectivity index (χ0v) is 14.6. The minimum Gasteiger partial charge on any atom is -0.491 e. The number of likely N-dealkylation sites (N-methyl/N-ethyl adjacent to an activating group) is 1. The summed E-state index contributed by atoms with van der Waals surface area (Å²) in [5.74, 6) is 0.644. The van der Waals surface area contributed by atoms with Crippen LogP contribution in [0.5, 0.6) is 5.75 Å². The molecule has 0 saturated heterocycles. The number of ether oxygens (including phenoxy) is 1. The van der Waals surface area contributed by atoms with Gasteiger partial charge in [0.05, 0.1) is 42.5 Å². The van der Waals surface area contributed by atoms with Crippen LogP contribution in [-0.2, 0) is 11.3 Å². The molecule has 6 heteroatoms. The molecule has 0 radical (unpaired) electrons. The number of hydrogen-bond donors (Lipinski definition) is 1. The smallest absolute Gasteiger partial charge is 0.137 e. The third-order valence-electron chi connectivity index (χ3n) is 4.15. The minimum absolute atomic E-state index is 0.214. The maximum atomic E-state index is 10.5. The average molecular weight is 337 g/mol. The molecule has 0 fully saturated rings. The lowest BCUT2D eigenvalue weighted by Crippen LogP contribution is -2.53. The van der Waals surface area contributed by atoms with E-state index in [4.69, 9.17) is 10.00 Å². The van der Waals surface area contributed by atoms with Gasteiger partial charge in [-0.05, 0) is 38.1 Å². The van der Waals surface area contributed by atoms with E-state index in [1.54, 1.807) is 29.6 Å². The molecule has 0 aliphatic carbocycles. The Morgan fingerprint density at radius 3 is 2.52 bits per heavy atom. The number of aliphatic hydroxyl groups is 1. The van der Waals surface area contributed by atoms with Gasteiger partial charge in [-0.1, -0.05) is 0 Å². The highest BCUT2D eigenvalue weighted by Gasteiger charge is 2.26. The van der Waals surface area contributed by atoms with E-state index in [9.17, 15) is 9.32 Å². The Bertz CT molecular complexity index is 558. The van der Waals surface area contributed by atoms with E-state index in [1.165, 1.54) is 0 Å². The summed E-state index contributed by atoms with van der Waals surface area (Å²) in [4.78, 5) is 0. The van der Waals surface area contributed by atoms with Crippen LogP contribution in [0.25, 0.3) is 0 Å². The Hall–Kier alpha value is -1.68. The molecular weight excluding hydrogens is 312 g/mol. The first-order chi connectivity index (χ1) is 11.1. The van der Waals surface area contributed by atoms with E-state index in [0.29, 0.717) is 29.1 Å². The molecule has 23 heavy (non-hydrogen) atoms. The topological polar surface area (TPSA) is 70.3 Å². The van der Waals surface area contributed by atoms with Gasteiger partial charge in [0.1, 0.15) is 25.0 Å². The molecule has 0 aromatic heterocycles. The van der Waals surface area contributed by atoms with Crippen molar-refractivity contribution in [2.45, 2.75) is 26.4 Å². The van der Waals surface area contributed by atoms with Crippen molar-refractivity contribution in [3.8, 4) is 11.8 Å². The van der Waals surface area contributed by atoms with Crippen LogP contribution in [0.2, 0.25) is 0 Å². The summed E-state index contributed by atoms with van der Waals surface area (Å²) >= 11 is 0.498. The second-order valence-electron chi connectivity index (χ2n) is 5.53. The van der Waals surface area contributed by atoms with E-state index in [-0.39, 0.29) is 6.61 Å². The van der Waals surface area contributed by atoms with Gasteiger partial charge in [-0.3, -0.25) is 0 Å². The van der Waals surface area contributed by atoms with Crippen molar-refractivity contribution >= 4 is 16.6 Å². The normalized spacial score (nSPS) is 12.3. The monoisotopic (exact) mass is 337 g/mol. The fourth-order valence-electron chi connectivity index (χ4n) is 2.58. The Morgan fingerprint density at radius 1 is 1.35 bits per heavy atom. The molecule has 1 unspecified atom stereocenters. The Labute approximate surface area is 141 Å². The highest BCUT2D eigenvalue weighted by molar-refractivity contribution is 7.64. The molecule has 126 valence electrons. The van der Waals surface area contributed by atoms with Crippen molar-refractivity contribution in [1.29, 1.82) is 5.26 Å². The number of nitriles is 1. The molecule has 0 heterocycles. The second kappa shape index (κ2) is 10.2. The summed E-state index contributed by atoms with van der Waals surface area (Å²) in [6, 6.07) is 8.90. The number of aliphatic hydroxyl groups excluding tert-OH is 1. The van der Waals surface area contributed by atoms with Gasteiger partial charge in [-0.15, -0.1) is 0 Å². The standard InChI is InChI=1S/C17H25N2O3S/c1-3-19(4-2,10-5-11-23-21)13-16(20)14-22-17-8-6-15(12-18)7-9-17/h6-9,11,16,20H,3-5,10,13-14H2,1-2H3/q+1. The van der Waals surface area contributed by atoms with Crippen molar-refractivity contribution in [3.63, 3.8) is 0 Å². The van der Waals surface area contributed by atoms with Crippen LogP contribution in [0.1, 0.15) is 25.8 Å². The number of quaternary nitrogens is 1. The van der Waals surface area contributed by atoms with E-state index in [2.05, 4.69) is 19.9 Å². The fourth-order valence-corrected chi connectivity index (χ4v) is 2.78. The predicted molar refractivity (Wildman–Crippen MR) is 92.6 cm³/mol. The summed E-state index contributed by atoms with van der Waals surface area (Å²) in [5, 5.41) is 20.7. The lowest BCUT2D eigenvalue weighted by Gasteiger charge is -2.38. The molecule has 0 bridgehead atoms. The Kier molecular flexibility index (Phi) is 8.56. The van der Waals surface area contributed by atoms with Gasteiger partial charge in [0.25, 0.3) is 0 Å². The molecule has 0 spiro atoms. The van der Waals surface area contributed by atoms with Crippen molar-refractivity contribution in [2.75, 3.05) is 32.8 Å². The summed E-state index contributed by atoms with van der Waals surface area (Å²) in [7, 11) is 0. The maximum absolute atomic E-state index is 10.5. The summed E-state index contributed by atoms with van der Waals surface area (Å²) in [6.07, 6.45) is 0.157. The van der Waals surface area contributed by atoms with Crippen LogP contribution >= 0.6 is 0 Å². The van der Waals surface area contributed by atoms with Crippen molar-refractivity contribution in [3.05, 3.63) is 29.8 Å². The predicted octanol–water partition coefficient (Wildman–Crippen LogP) is 1.56. The molecular formula is C17H25N2O3S+.